The van der Waals surface area contributed by atoms with Crippen LogP contribution < -0.4 is 5.73 Å². The van der Waals surface area contributed by atoms with Gasteiger partial charge in [0.05, 0.1) is 17.5 Å². The number of allylic oxidation sites excluding steroid dienone is 1. The second-order valence-corrected chi connectivity index (χ2v) is 3.58. The molecule has 4 nitrogen and oxygen atoms in total. The smallest absolute Gasteiger partial charge is 0.102 e. The van der Waals surface area contributed by atoms with Gasteiger partial charge >= 0.3 is 0 Å². The molecule has 0 atom stereocenters. The first-order valence-corrected chi connectivity index (χ1v) is 5.08. The Hall–Kier alpha value is -2.54. The Morgan fingerprint density at radius 2 is 2.06 bits per heavy atom. The number of nitrogens with zero attached hydrogens (tertiary/aromatic N) is 2. The van der Waals surface area contributed by atoms with E-state index in [1.165, 1.54) is 0 Å². The lowest BCUT2D eigenvalue weighted by Crippen LogP contribution is -1.99. The Labute approximate surface area is 99.0 Å². The predicted molar refractivity (Wildman–Crippen MR) is 64.3 cm³/mol. The minimum atomic E-state index is 0.413. The van der Waals surface area contributed by atoms with Crippen molar-refractivity contribution in [2.75, 3.05) is 0 Å². The fraction of sp³-hybridized carbons (Fsp3) is 0.0769. The fourth-order valence-corrected chi connectivity index (χ4v) is 1.53. The van der Waals surface area contributed by atoms with E-state index >= 15 is 0 Å². The average Bonchev–Trinajstić information content (AvgIpc) is 2.78. The molecule has 4 heteroatoms. The average molecular weight is 225 g/mol. The van der Waals surface area contributed by atoms with Gasteiger partial charge in [0.25, 0.3) is 0 Å². The standard InChI is InChI=1S/C13H11N3O/c1-9-6-11(8-17-9)13(15)12(7-14)10-2-4-16-5-3-10/h2-6,8H,15H2,1H3/b13-12+. The molecule has 2 aromatic heterocycles. The van der Waals surface area contributed by atoms with Gasteiger partial charge in [0.1, 0.15) is 11.8 Å². The van der Waals surface area contributed by atoms with Gasteiger partial charge < -0.3 is 10.2 Å². The van der Waals surface area contributed by atoms with Crippen LogP contribution in [0.25, 0.3) is 11.3 Å². The number of pyridine rings is 1. The molecule has 2 N–H and O–H groups in total. The zero-order valence-electron chi connectivity index (χ0n) is 9.34. The number of furan rings is 1. The van der Waals surface area contributed by atoms with Gasteiger partial charge in [-0.3, -0.25) is 4.98 Å². The zero-order valence-corrected chi connectivity index (χ0v) is 9.34. The van der Waals surface area contributed by atoms with Crippen molar-refractivity contribution in [2.45, 2.75) is 6.92 Å². The fourth-order valence-electron chi connectivity index (χ4n) is 1.53. The van der Waals surface area contributed by atoms with E-state index in [-0.39, 0.29) is 0 Å². The van der Waals surface area contributed by atoms with Crippen LogP contribution in [0.1, 0.15) is 16.9 Å². The summed E-state index contributed by atoms with van der Waals surface area (Å²) in [7, 11) is 0. The number of hydrogen-bond acceptors (Lipinski definition) is 4. The molecule has 17 heavy (non-hydrogen) atoms. The van der Waals surface area contributed by atoms with Crippen molar-refractivity contribution in [2.24, 2.45) is 5.73 Å². The van der Waals surface area contributed by atoms with Crippen LogP contribution in [0, 0.1) is 18.3 Å². The molecule has 0 aliphatic heterocycles. The van der Waals surface area contributed by atoms with Gasteiger partial charge in [0, 0.05) is 18.0 Å². The van der Waals surface area contributed by atoms with Gasteiger partial charge in [-0.25, -0.2) is 0 Å². The maximum atomic E-state index is 9.18. The van der Waals surface area contributed by atoms with Crippen LogP contribution in [0.15, 0.2) is 41.3 Å². The normalized spacial score (nSPS) is 11.8. The lowest BCUT2D eigenvalue weighted by atomic mass is 10.0. The number of aromatic nitrogens is 1. The van der Waals surface area contributed by atoms with Gasteiger partial charge in [0.2, 0.25) is 0 Å². The molecule has 0 saturated carbocycles. The quantitative estimate of drug-likeness (QED) is 0.796. The zero-order chi connectivity index (χ0) is 12.3. The maximum absolute atomic E-state index is 9.18. The Balaban J connectivity index is 2.52. The van der Waals surface area contributed by atoms with Crippen molar-refractivity contribution in [3.8, 4) is 6.07 Å². The molecule has 0 unspecified atom stereocenters. The van der Waals surface area contributed by atoms with Gasteiger partial charge in [-0.15, -0.1) is 0 Å². The molecule has 2 heterocycles. The van der Waals surface area contributed by atoms with E-state index in [0.717, 1.165) is 16.9 Å². The molecular formula is C13H11N3O. The monoisotopic (exact) mass is 225 g/mol. The second-order valence-electron chi connectivity index (χ2n) is 3.58. The molecule has 84 valence electrons. The van der Waals surface area contributed by atoms with E-state index in [4.69, 9.17) is 10.2 Å². The minimum absolute atomic E-state index is 0.413. The molecule has 0 aromatic carbocycles. The Morgan fingerprint density at radius 3 is 2.59 bits per heavy atom. The van der Waals surface area contributed by atoms with Crippen LogP contribution >= 0.6 is 0 Å². The highest BCUT2D eigenvalue weighted by Crippen LogP contribution is 2.22. The number of aryl methyl sites for hydroxylation is 1. The second kappa shape index (κ2) is 4.54. The molecule has 2 rings (SSSR count). The summed E-state index contributed by atoms with van der Waals surface area (Å²) in [6.07, 6.45) is 4.80. The topological polar surface area (TPSA) is 75.8 Å². The van der Waals surface area contributed by atoms with Gasteiger partial charge in [0.15, 0.2) is 0 Å². The first kappa shape index (κ1) is 11.0. The lowest BCUT2D eigenvalue weighted by molar-refractivity contribution is 0.533. The van der Waals surface area contributed by atoms with Crippen molar-refractivity contribution in [1.82, 2.24) is 4.98 Å². The molecule has 0 aliphatic rings. The molecule has 2 aromatic rings. The highest BCUT2D eigenvalue weighted by Gasteiger charge is 2.09. The van der Waals surface area contributed by atoms with Crippen molar-refractivity contribution in [3.63, 3.8) is 0 Å². The third kappa shape index (κ3) is 2.18. The summed E-state index contributed by atoms with van der Waals surface area (Å²) in [5, 5.41) is 9.18. The van der Waals surface area contributed by atoms with E-state index in [0.29, 0.717) is 11.3 Å². The Bertz CT molecular complexity index is 591. The van der Waals surface area contributed by atoms with Crippen molar-refractivity contribution >= 4 is 11.3 Å². The molecule has 0 spiro atoms. The van der Waals surface area contributed by atoms with Crippen LogP contribution in [-0.2, 0) is 0 Å². The predicted octanol–water partition coefficient (Wildman–Crippen LogP) is 2.33. The summed E-state index contributed by atoms with van der Waals surface area (Å²) in [5.74, 6) is 0.759. The van der Waals surface area contributed by atoms with E-state index in [1.54, 1.807) is 36.9 Å². The summed E-state index contributed by atoms with van der Waals surface area (Å²) in [6, 6.07) is 7.41. The number of hydrogen-bond donors (Lipinski definition) is 1. The summed E-state index contributed by atoms with van der Waals surface area (Å²) < 4.78 is 5.18. The van der Waals surface area contributed by atoms with Crippen molar-refractivity contribution < 1.29 is 4.42 Å². The highest BCUT2D eigenvalue weighted by atomic mass is 16.3. The first-order valence-electron chi connectivity index (χ1n) is 5.08. The molecule has 0 amide bonds. The summed E-state index contributed by atoms with van der Waals surface area (Å²) >= 11 is 0. The van der Waals surface area contributed by atoms with Crippen LogP contribution in [0.3, 0.4) is 0 Å². The number of nitrogens with two attached hydrogens (primary N) is 1. The van der Waals surface area contributed by atoms with Gasteiger partial charge in [-0.1, -0.05) is 0 Å². The van der Waals surface area contributed by atoms with Crippen molar-refractivity contribution in [1.29, 1.82) is 5.26 Å². The Kier molecular flexibility index (Phi) is 2.93. The van der Waals surface area contributed by atoms with E-state index in [1.807, 2.05) is 6.92 Å². The summed E-state index contributed by atoms with van der Waals surface area (Å²) in [5.41, 5.74) is 8.28. The third-order valence-electron chi connectivity index (χ3n) is 2.39. The highest BCUT2D eigenvalue weighted by molar-refractivity contribution is 5.95. The minimum Gasteiger partial charge on any atom is -0.469 e. The molecule has 0 fully saturated rings. The first-order chi connectivity index (χ1) is 8.22. The maximum Gasteiger partial charge on any atom is 0.102 e. The van der Waals surface area contributed by atoms with E-state index in [9.17, 15) is 5.26 Å². The molecular weight excluding hydrogens is 214 g/mol. The third-order valence-corrected chi connectivity index (χ3v) is 2.39. The van der Waals surface area contributed by atoms with E-state index < -0.39 is 0 Å². The number of nitriles is 1. The van der Waals surface area contributed by atoms with Crippen LogP contribution in [0.2, 0.25) is 0 Å². The lowest BCUT2D eigenvalue weighted by Gasteiger charge is -2.02. The van der Waals surface area contributed by atoms with Gasteiger partial charge in [-0.2, -0.15) is 5.26 Å². The molecule has 0 radical (unpaired) electrons. The largest absolute Gasteiger partial charge is 0.469 e. The summed E-state index contributed by atoms with van der Waals surface area (Å²) in [4.78, 5) is 3.91. The molecule has 0 bridgehead atoms. The molecule has 0 saturated heterocycles. The van der Waals surface area contributed by atoms with Crippen molar-refractivity contribution in [3.05, 3.63) is 53.7 Å². The van der Waals surface area contributed by atoms with Gasteiger partial charge in [-0.05, 0) is 30.7 Å². The molecule has 0 aliphatic carbocycles. The van der Waals surface area contributed by atoms with Crippen LogP contribution in [0.4, 0.5) is 0 Å². The Morgan fingerprint density at radius 1 is 1.35 bits per heavy atom. The summed E-state index contributed by atoms with van der Waals surface area (Å²) in [6.45, 7) is 1.83. The number of rotatable bonds is 2. The van der Waals surface area contributed by atoms with E-state index in [2.05, 4.69) is 11.1 Å². The van der Waals surface area contributed by atoms with Crippen LogP contribution in [-0.4, -0.2) is 4.98 Å². The SMILES string of the molecule is Cc1cc(/C(N)=C(/C#N)c2ccncc2)co1. The van der Waals surface area contributed by atoms with Crippen LogP contribution in [0.5, 0.6) is 0 Å².